The molecule has 15 heavy (non-hydrogen) atoms. The second-order valence-corrected chi connectivity index (χ2v) is 3.57. The first-order valence-electron chi connectivity index (χ1n) is 4.55. The number of amides is 3. The Labute approximate surface area is 91.8 Å². The standard InChI is InChI=1S/C10H9ClN2O2/c11-7-3-1-2-4-8(7)13-9(14)5-6-12-10(13)15/h1-4H,5-6H2,(H,12,15). The maximum absolute atomic E-state index is 11.6. The van der Waals surface area contributed by atoms with Gasteiger partial charge in [-0.1, -0.05) is 23.7 Å². The van der Waals surface area contributed by atoms with Crippen LogP contribution in [0.3, 0.4) is 0 Å². The summed E-state index contributed by atoms with van der Waals surface area (Å²) >= 11 is 5.91. The van der Waals surface area contributed by atoms with E-state index >= 15 is 0 Å². The van der Waals surface area contributed by atoms with E-state index in [4.69, 9.17) is 11.6 Å². The van der Waals surface area contributed by atoms with Crippen molar-refractivity contribution in [3.8, 4) is 0 Å². The fourth-order valence-corrected chi connectivity index (χ4v) is 1.68. The molecular weight excluding hydrogens is 216 g/mol. The molecule has 1 fully saturated rings. The lowest BCUT2D eigenvalue weighted by atomic mass is 10.2. The minimum Gasteiger partial charge on any atom is -0.337 e. The molecule has 0 bridgehead atoms. The van der Waals surface area contributed by atoms with Crippen LogP contribution in [-0.2, 0) is 4.79 Å². The first kappa shape index (κ1) is 9.98. The van der Waals surface area contributed by atoms with Gasteiger partial charge in [0.15, 0.2) is 0 Å². The zero-order valence-electron chi connectivity index (χ0n) is 7.87. The number of halogens is 1. The molecule has 1 aromatic carbocycles. The molecule has 0 unspecified atom stereocenters. The molecule has 0 radical (unpaired) electrons. The summed E-state index contributed by atoms with van der Waals surface area (Å²) in [6.45, 7) is 0.388. The Morgan fingerprint density at radius 3 is 2.67 bits per heavy atom. The summed E-state index contributed by atoms with van der Waals surface area (Å²) in [5, 5.41) is 2.99. The summed E-state index contributed by atoms with van der Waals surface area (Å²) in [5.41, 5.74) is 0.432. The molecule has 78 valence electrons. The third kappa shape index (κ3) is 1.80. The van der Waals surface area contributed by atoms with Crippen molar-refractivity contribution < 1.29 is 9.59 Å². The zero-order valence-corrected chi connectivity index (χ0v) is 8.62. The summed E-state index contributed by atoms with van der Waals surface area (Å²) in [6, 6.07) is 6.35. The van der Waals surface area contributed by atoms with Crippen molar-refractivity contribution in [1.29, 1.82) is 0 Å². The van der Waals surface area contributed by atoms with Crippen LogP contribution in [0.4, 0.5) is 10.5 Å². The van der Waals surface area contributed by atoms with Gasteiger partial charge in [0.1, 0.15) is 0 Å². The van der Waals surface area contributed by atoms with Crippen molar-refractivity contribution in [2.24, 2.45) is 0 Å². The summed E-state index contributed by atoms with van der Waals surface area (Å²) in [7, 11) is 0. The van der Waals surface area contributed by atoms with E-state index in [0.29, 0.717) is 23.7 Å². The number of carbonyl (C=O) groups excluding carboxylic acids is 2. The predicted molar refractivity (Wildman–Crippen MR) is 57.0 cm³/mol. The van der Waals surface area contributed by atoms with E-state index in [1.165, 1.54) is 0 Å². The van der Waals surface area contributed by atoms with Crippen molar-refractivity contribution in [2.45, 2.75) is 6.42 Å². The molecule has 1 saturated heterocycles. The molecule has 1 aliphatic rings. The normalized spacial score (nSPS) is 16.5. The van der Waals surface area contributed by atoms with Crippen LogP contribution in [0.2, 0.25) is 5.02 Å². The number of hydrogen-bond donors (Lipinski definition) is 1. The highest BCUT2D eigenvalue weighted by atomic mass is 35.5. The third-order valence-electron chi connectivity index (χ3n) is 2.16. The molecule has 0 aromatic heterocycles. The van der Waals surface area contributed by atoms with Crippen LogP contribution in [0, 0.1) is 0 Å². The average Bonchev–Trinajstić information content (AvgIpc) is 2.20. The van der Waals surface area contributed by atoms with Gasteiger partial charge in [0, 0.05) is 13.0 Å². The summed E-state index contributed by atoms with van der Waals surface area (Å²) in [4.78, 5) is 24.1. The second kappa shape index (κ2) is 3.90. The number of para-hydroxylation sites is 1. The largest absolute Gasteiger partial charge is 0.337 e. The number of imide groups is 1. The molecule has 0 aliphatic carbocycles. The number of anilines is 1. The van der Waals surface area contributed by atoms with Gasteiger partial charge in [0.25, 0.3) is 0 Å². The van der Waals surface area contributed by atoms with Gasteiger partial charge in [-0.25, -0.2) is 9.69 Å². The van der Waals surface area contributed by atoms with Crippen LogP contribution in [-0.4, -0.2) is 18.5 Å². The van der Waals surface area contributed by atoms with Crippen molar-refractivity contribution in [2.75, 3.05) is 11.4 Å². The Hall–Kier alpha value is -1.55. The Morgan fingerprint density at radius 1 is 1.27 bits per heavy atom. The van der Waals surface area contributed by atoms with E-state index in [2.05, 4.69) is 5.32 Å². The minimum absolute atomic E-state index is 0.230. The number of nitrogens with zero attached hydrogens (tertiary/aromatic N) is 1. The average molecular weight is 225 g/mol. The quantitative estimate of drug-likeness (QED) is 0.791. The van der Waals surface area contributed by atoms with Gasteiger partial charge < -0.3 is 5.32 Å². The summed E-state index contributed by atoms with van der Waals surface area (Å²) < 4.78 is 0. The molecule has 1 N–H and O–H groups in total. The van der Waals surface area contributed by atoms with Gasteiger partial charge in [0.05, 0.1) is 10.7 Å². The number of carbonyl (C=O) groups is 2. The maximum atomic E-state index is 11.6. The molecule has 3 amide bonds. The van der Waals surface area contributed by atoms with E-state index in [1.54, 1.807) is 24.3 Å². The van der Waals surface area contributed by atoms with Crippen molar-refractivity contribution in [3.63, 3.8) is 0 Å². The highest BCUT2D eigenvalue weighted by Gasteiger charge is 2.28. The van der Waals surface area contributed by atoms with E-state index in [0.717, 1.165) is 4.90 Å². The molecular formula is C10H9ClN2O2. The first-order chi connectivity index (χ1) is 7.20. The fraction of sp³-hybridized carbons (Fsp3) is 0.200. The van der Waals surface area contributed by atoms with E-state index < -0.39 is 6.03 Å². The molecule has 5 heteroatoms. The lowest BCUT2D eigenvalue weighted by Gasteiger charge is -2.26. The van der Waals surface area contributed by atoms with Gasteiger partial charge >= 0.3 is 6.03 Å². The molecule has 1 aromatic rings. The van der Waals surface area contributed by atoms with Crippen LogP contribution in [0.25, 0.3) is 0 Å². The number of nitrogens with one attached hydrogen (secondary N) is 1. The number of urea groups is 1. The molecule has 0 atom stereocenters. The lowest BCUT2D eigenvalue weighted by Crippen LogP contribution is -2.50. The Kier molecular flexibility index (Phi) is 2.60. The van der Waals surface area contributed by atoms with E-state index in [-0.39, 0.29) is 5.91 Å². The maximum Gasteiger partial charge on any atom is 0.328 e. The molecule has 1 heterocycles. The highest BCUT2D eigenvalue weighted by molar-refractivity contribution is 6.35. The molecule has 1 aliphatic heterocycles. The molecule has 4 nitrogen and oxygen atoms in total. The molecule has 0 saturated carbocycles. The van der Waals surface area contributed by atoms with Gasteiger partial charge in [-0.3, -0.25) is 4.79 Å². The Bertz CT molecular complexity index is 404. The number of rotatable bonds is 1. The smallest absolute Gasteiger partial charge is 0.328 e. The van der Waals surface area contributed by atoms with E-state index in [9.17, 15) is 9.59 Å². The second-order valence-electron chi connectivity index (χ2n) is 3.16. The minimum atomic E-state index is -0.417. The first-order valence-corrected chi connectivity index (χ1v) is 4.93. The van der Waals surface area contributed by atoms with Crippen LogP contribution < -0.4 is 10.2 Å². The third-order valence-corrected chi connectivity index (χ3v) is 2.48. The summed E-state index contributed by atoms with van der Waals surface area (Å²) in [5.74, 6) is -0.230. The SMILES string of the molecule is O=C1CCNC(=O)N1c1ccccc1Cl. The topological polar surface area (TPSA) is 49.4 Å². The Morgan fingerprint density at radius 2 is 2.00 bits per heavy atom. The lowest BCUT2D eigenvalue weighted by molar-refractivity contribution is -0.118. The monoisotopic (exact) mass is 224 g/mol. The van der Waals surface area contributed by atoms with Gasteiger partial charge in [-0.05, 0) is 12.1 Å². The fourth-order valence-electron chi connectivity index (χ4n) is 1.46. The molecule has 2 rings (SSSR count). The van der Waals surface area contributed by atoms with Crippen LogP contribution in [0.5, 0.6) is 0 Å². The van der Waals surface area contributed by atoms with Crippen LogP contribution in [0.1, 0.15) is 6.42 Å². The van der Waals surface area contributed by atoms with Crippen LogP contribution >= 0.6 is 11.6 Å². The van der Waals surface area contributed by atoms with E-state index in [1.807, 2.05) is 0 Å². The van der Waals surface area contributed by atoms with Crippen molar-refractivity contribution in [3.05, 3.63) is 29.3 Å². The van der Waals surface area contributed by atoms with Crippen LogP contribution in [0.15, 0.2) is 24.3 Å². The molecule has 0 spiro atoms. The summed E-state index contributed by atoms with van der Waals surface area (Å²) in [6.07, 6.45) is 0.303. The number of hydrogen-bond acceptors (Lipinski definition) is 2. The zero-order chi connectivity index (χ0) is 10.8. The van der Waals surface area contributed by atoms with Gasteiger partial charge in [-0.15, -0.1) is 0 Å². The Balaban J connectivity index is 2.40. The highest BCUT2D eigenvalue weighted by Crippen LogP contribution is 2.26. The van der Waals surface area contributed by atoms with Gasteiger partial charge in [-0.2, -0.15) is 0 Å². The number of benzene rings is 1. The van der Waals surface area contributed by atoms with Crippen molar-refractivity contribution >= 4 is 29.2 Å². The van der Waals surface area contributed by atoms with Gasteiger partial charge in [0.2, 0.25) is 5.91 Å². The van der Waals surface area contributed by atoms with Crippen molar-refractivity contribution in [1.82, 2.24) is 5.32 Å². The predicted octanol–water partition coefficient (Wildman–Crippen LogP) is 1.79.